The lowest BCUT2D eigenvalue weighted by Gasteiger charge is -2.15. The molecule has 0 saturated heterocycles. The number of amides is 1. The van der Waals surface area contributed by atoms with Gasteiger partial charge in [-0.05, 0) is 24.3 Å². The lowest BCUT2D eigenvalue weighted by atomic mass is 10.1. The molecule has 27 heavy (non-hydrogen) atoms. The summed E-state index contributed by atoms with van der Waals surface area (Å²) in [5, 5.41) is 11.7. The maximum absolute atomic E-state index is 15.2. The molecule has 0 unspecified atom stereocenters. The van der Waals surface area contributed by atoms with Gasteiger partial charge in [0.2, 0.25) is 0 Å². The highest BCUT2D eigenvalue weighted by Crippen LogP contribution is 2.32. The Balaban J connectivity index is 2.05. The van der Waals surface area contributed by atoms with Gasteiger partial charge < -0.3 is 15.0 Å². The molecule has 1 aromatic heterocycles. The van der Waals surface area contributed by atoms with Crippen molar-refractivity contribution in [2.24, 2.45) is 7.05 Å². The van der Waals surface area contributed by atoms with E-state index in [0.717, 1.165) is 6.07 Å². The zero-order valence-corrected chi connectivity index (χ0v) is 15.3. The van der Waals surface area contributed by atoms with Crippen LogP contribution in [-0.2, 0) is 11.9 Å². The molecule has 0 aliphatic carbocycles. The summed E-state index contributed by atoms with van der Waals surface area (Å²) < 4.78 is 60.0. The highest BCUT2D eigenvalue weighted by Gasteiger charge is 2.22. The fourth-order valence-corrected chi connectivity index (χ4v) is 2.73. The number of rotatable bonds is 6. The smallest absolute Gasteiger partial charge is 0.277 e. The molecule has 3 rings (SSSR count). The van der Waals surface area contributed by atoms with E-state index >= 15 is 4.39 Å². The first-order valence-corrected chi connectivity index (χ1v) is 8.17. The number of aryl methyl sites for hydroxylation is 1. The van der Waals surface area contributed by atoms with E-state index in [2.05, 4.69) is 31.1 Å². The molecule has 2 aromatic carbocycles. The van der Waals surface area contributed by atoms with Crippen LogP contribution in [0.15, 0.2) is 35.1 Å². The monoisotopic (exact) mass is 446 g/mol. The summed E-state index contributed by atoms with van der Waals surface area (Å²) in [6, 6.07) is 5.13. The molecular weight excluding hydrogens is 428 g/mol. The predicted molar refractivity (Wildman–Crippen MR) is 98.6 cm³/mol. The van der Waals surface area contributed by atoms with E-state index in [1.165, 1.54) is 29.1 Å². The van der Waals surface area contributed by atoms with Gasteiger partial charge in [0, 0.05) is 11.5 Å². The van der Waals surface area contributed by atoms with Gasteiger partial charge in [0.1, 0.15) is 11.3 Å². The van der Waals surface area contributed by atoms with Crippen molar-refractivity contribution in [1.29, 1.82) is 0 Å². The third-order valence-corrected chi connectivity index (χ3v) is 4.13. The summed E-state index contributed by atoms with van der Waals surface area (Å²) in [6.07, 6.45) is 1.30. The molecule has 0 fully saturated rings. The van der Waals surface area contributed by atoms with Crippen LogP contribution in [-0.4, -0.2) is 33.7 Å². The molecule has 1 heterocycles. The lowest BCUT2D eigenvalue weighted by molar-refractivity contribution is 0.0169. The quantitative estimate of drug-likeness (QED) is 0.400. The minimum Gasteiger partial charge on any atom is -0.394 e. The number of anilines is 2. The standard InChI is InChI=1S/C17H15BrF2N4O3/c1-24-8-21-16-13(24)7-10(17(26)23-27-5-4-25)15(14(16)20)22-12-3-2-9(18)6-11(12)19/h2-3,6-8,22,25H,4-5H2,1H3,(H,23,26)/i4+1D2,5+1D2. The predicted octanol–water partition coefficient (Wildman–Crippen LogP) is 3.01. The molecule has 0 aliphatic rings. The first-order chi connectivity index (χ1) is 14.3. The van der Waals surface area contributed by atoms with Gasteiger partial charge in [-0.2, -0.15) is 0 Å². The number of imidazole rings is 1. The van der Waals surface area contributed by atoms with Crippen molar-refractivity contribution in [2.45, 2.75) is 0 Å². The number of hydroxylamine groups is 1. The number of nitrogens with one attached hydrogen (secondary N) is 2. The van der Waals surface area contributed by atoms with Crippen LogP contribution in [0, 0.1) is 11.6 Å². The second kappa shape index (κ2) is 7.99. The van der Waals surface area contributed by atoms with Crippen LogP contribution in [0.3, 0.4) is 0 Å². The van der Waals surface area contributed by atoms with Crippen molar-refractivity contribution in [2.75, 3.05) is 18.4 Å². The molecule has 0 aliphatic heterocycles. The van der Waals surface area contributed by atoms with Crippen molar-refractivity contribution < 1.29 is 29.0 Å². The normalized spacial score (nSPS) is 14.3. The molecule has 0 atom stereocenters. The lowest BCUT2D eigenvalue weighted by Crippen LogP contribution is -2.26. The molecule has 7 nitrogen and oxygen atoms in total. The van der Waals surface area contributed by atoms with Gasteiger partial charge in [-0.15, -0.1) is 0 Å². The molecule has 1 amide bonds. The van der Waals surface area contributed by atoms with Crippen LogP contribution in [0.1, 0.15) is 15.8 Å². The summed E-state index contributed by atoms with van der Waals surface area (Å²) in [7, 11) is 1.55. The number of hydrogen-bond donors (Lipinski definition) is 3. The third-order valence-electron chi connectivity index (χ3n) is 3.64. The Kier molecular flexibility index (Phi) is 4.29. The zero-order valence-electron chi connectivity index (χ0n) is 17.7. The molecule has 0 radical (unpaired) electrons. The number of aliphatic hydroxyl groups is 1. The second-order valence-electron chi connectivity index (χ2n) is 5.33. The van der Waals surface area contributed by atoms with Crippen molar-refractivity contribution in [3.05, 3.63) is 52.3 Å². The fraction of sp³-hybridized carbons (Fsp3) is 0.176. The Labute approximate surface area is 166 Å². The van der Waals surface area contributed by atoms with Gasteiger partial charge in [-0.1, -0.05) is 15.9 Å². The number of halogens is 3. The summed E-state index contributed by atoms with van der Waals surface area (Å²) in [4.78, 5) is 20.9. The number of carbonyl (C=O) groups excluding carboxylic acids is 1. The first kappa shape index (κ1) is 14.5. The maximum Gasteiger partial charge on any atom is 0.277 e. The summed E-state index contributed by atoms with van der Waals surface area (Å²) in [6.45, 7) is -6.76. The molecule has 3 aromatic rings. The minimum atomic E-state index is -3.45. The van der Waals surface area contributed by atoms with Crippen LogP contribution >= 0.6 is 15.9 Å². The van der Waals surface area contributed by atoms with Gasteiger partial charge >= 0.3 is 0 Å². The maximum atomic E-state index is 15.2. The number of aromatic nitrogens is 2. The second-order valence-corrected chi connectivity index (χ2v) is 6.25. The van der Waals surface area contributed by atoms with E-state index in [1.807, 2.05) is 0 Å². The Morgan fingerprint density at radius 2 is 2.22 bits per heavy atom. The van der Waals surface area contributed by atoms with E-state index in [0.29, 0.717) is 4.47 Å². The molecule has 10 heteroatoms. The molecule has 0 bridgehead atoms. The topological polar surface area (TPSA) is 88.4 Å². The van der Waals surface area contributed by atoms with E-state index in [4.69, 9.17) is 5.48 Å². The van der Waals surface area contributed by atoms with E-state index in [-0.39, 0.29) is 16.7 Å². The van der Waals surface area contributed by atoms with Crippen LogP contribution in [0.2, 0.25) is 0 Å². The van der Waals surface area contributed by atoms with Crippen molar-refractivity contribution in [3.8, 4) is 0 Å². The summed E-state index contributed by atoms with van der Waals surface area (Å²) in [5.74, 6) is -2.91. The molecule has 0 spiro atoms. The summed E-state index contributed by atoms with van der Waals surface area (Å²) >= 11 is 3.10. The number of carbonyl (C=O) groups is 1. The number of nitrogens with zero attached hydrogens (tertiary/aromatic N) is 2. The van der Waals surface area contributed by atoms with Gasteiger partial charge in [-0.3, -0.25) is 9.63 Å². The van der Waals surface area contributed by atoms with E-state index < -0.39 is 41.9 Å². The largest absolute Gasteiger partial charge is 0.394 e. The molecule has 0 saturated carbocycles. The first-order valence-electron chi connectivity index (χ1n) is 9.38. The highest BCUT2D eigenvalue weighted by molar-refractivity contribution is 9.10. The van der Waals surface area contributed by atoms with E-state index in [9.17, 15) is 14.3 Å². The summed E-state index contributed by atoms with van der Waals surface area (Å²) in [5.41, 5.74) is 0.697. The number of hydrogen-bond acceptors (Lipinski definition) is 5. The van der Waals surface area contributed by atoms with Crippen LogP contribution in [0.5, 0.6) is 0 Å². The average molecular weight is 447 g/mol. The Hall–Kier alpha value is -2.56. The van der Waals surface area contributed by atoms with Gasteiger partial charge in [0.15, 0.2) is 5.82 Å². The Morgan fingerprint density at radius 3 is 2.93 bits per heavy atom. The van der Waals surface area contributed by atoms with E-state index in [1.54, 1.807) is 12.5 Å². The number of fused-ring (bicyclic) bond motifs is 1. The Morgan fingerprint density at radius 1 is 1.44 bits per heavy atom. The van der Waals surface area contributed by atoms with Crippen molar-refractivity contribution in [1.82, 2.24) is 15.0 Å². The number of benzene rings is 2. The van der Waals surface area contributed by atoms with Gasteiger partial charge in [0.25, 0.3) is 5.91 Å². The molecule has 142 valence electrons. The fourth-order valence-electron chi connectivity index (χ4n) is 2.40. The SMILES string of the molecule is [2H][13C]([2H])(O)[13C]([2H])([2H])ONC(=O)c1cc2c(ncn2C)c(F)c1Nc1ccc(Br)cc1F. The van der Waals surface area contributed by atoms with Gasteiger partial charge in [-0.25, -0.2) is 19.2 Å². The third kappa shape index (κ3) is 3.92. The average Bonchev–Trinajstić information content (AvgIpc) is 3.04. The van der Waals surface area contributed by atoms with Crippen LogP contribution in [0.4, 0.5) is 20.2 Å². The minimum absolute atomic E-state index is 0.109. The molecular formula is C17H15BrF2N4O3. The van der Waals surface area contributed by atoms with Gasteiger partial charge in [0.05, 0.1) is 47.4 Å². The van der Waals surface area contributed by atoms with Crippen molar-refractivity contribution in [3.63, 3.8) is 0 Å². The Bertz CT molecular complexity index is 1170. The van der Waals surface area contributed by atoms with Crippen LogP contribution < -0.4 is 10.8 Å². The van der Waals surface area contributed by atoms with Crippen molar-refractivity contribution >= 4 is 44.2 Å². The molecule has 3 N–H and O–H groups in total. The zero-order chi connectivity index (χ0) is 23.1. The highest BCUT2D eigenvalue weighted by atomic mass is 79.9. The van der Waals surface area contributed by atoms with Crippen LogP contribution in [0.25, 0.3) is 11.0 Å².